The molecule has 4 aromatic carbocycles. The number of likely N-dealkylation sites (tertiary alicyclic amines) is 2. The van der Waals surface area contributed by atoms with Crippen molar-refractivity contribution in [2.24, 2.45) is 5.92 Å². The maximum Gasteiger partial charge on any atom is 0.310 e. The van der Waals surface area contributed by atoms with E-state index in [1.54, 1.807) is 31.4 Å². The molecule has 2 aliphatic heterocycles. The molecule has 2 fully saturated rings. The van der Waals surface area contributed by atoms with Crippen LogP contribution < -0.4 is 4.74 Å². The van der Waals surface area contributed by atoms with Gasteiger partial charge in [0.2, 0.25) is 5.91 Å². The number of aliphatic hydroxyl groups excluding tert-OH is 1. The molecule has 3 aliphatic rings. The molecule has 0 unspecified atom stereocenters. The number of hydrogen-bond donors (Lipinski definition) is 2. The van der Waals surface area contributed by atoms with E-state index < -0.39 is 12.1 Å². The lowest BCUT2D eigenvalue weighted by Crippen LogP contribution is -2.40. The number of allylic oxidation sites excluding steroid dienone is 1. The van der Waals surface area contributed by atoms with E-state index in [0.717, 1.165) is 54.6 Å². The summed E-state index contributed by atoms with van der Waals surface area (Å²) in [6.07, 6.45) is 6.75. The molecule has 7 rings (SSSR count). The molecule has 2 N–H and O–H groups in total. The summed E-state index contributed by atoms with van der Waals surface area (Å²) in [7, 11) is 1.56. The van der Waals surface area contributed by atoms with E-state index in [4.69, 9.17) is 25.8 Å². The summed E-state index contributed by atoms with van der Waals surface area (Å²) in [5, 5.41) is 21.7. The van der Waals surface area contributed by atoms with Gasteiger partial charge in [-0.15, -0.1) is 0 Å². The van der Waals surface area contributed by atoms with Crippen molar-refractivity contribution in [3.63, 3.8) is 0 Å². The zero-order valence-corrected chi connectivity index (χ0v) is 36.0. The van der Waals surface area contributed by atoms with Gasteiger partial charge in [-0.2, -0.15) is 0 Å². The Labute approximate surface area is 368 Å². The van der Waals surface area contributed by atoms with Gasteiger partial charge < -0.3 is 34.2 Å². The molecule has 12 heteroatoms. The highest BCUT2D eigenvalue weighted by Gasteiger charge is 2.29. The van der Waals surface area contributed by atoms with Crippen LogP contribution in [-0.2, 0) is 54.3 Å². The normalized spacial score (nSPS) is 17.1. The third-order valence-electron chi connectivity index (χ3n) is 12.3. The van der Waals surface area contributed by atoms with Crippen molar-refractivity contribution < 1.29 is 43.6 Å². The number of hydrogen-bond acceptors (Lipinski definition) is 10. The summed E-state index contributed by atoms with van der Waals surface area (Å²) in [5.41, 5.74) is 6.38. The quantitative estimate of drug-likeness (QED) is 0.103. The first kappa shape index (κ1) is 44.6. The minimum absolute atomic E-state index is 0.0242. The molecule has 2 heterocycles. The Hall–Kier alpha value is -5.49. The topological polar surface area (TPSA) is 143 Å². The Balaban J connectivity index is 0.791. The van der Waals surface area contributed by atoms with Crippen LogP contribution >= 0.6 is 11.6 Å². The van der Waals surface area contributed by atoms with E-state index in [1.165, 1.54) is 12.1 Å². The number of piperidine rings is 1. The number of esters is 2. The zero-order valence-electron chi connectivity index (χ0n) is 35.2. The van der Waals surface area contributed by atoms with Crippen molar-refractivity contribution in [3.05, 3.63) is 123 Å². The number of fused-ring (bicyclic) bond motifs is 1. The number of rotatable bonds is 17. The van der Waals surface area contributed by atoms with Gasteiger partial charge in [-0.1, -0.05) is 78.3 Å². The summed E-state index contributed by atoms with van der Waals surface area (Å²) >= 11 is 6.65. The predicted molar refractivity (Wildman–Crippen MR) is 237 cm³/mol. The number of ketones is 1. The van der Waals surface area contributed by atoms with E-state index in [1.807, 2.05) is 59.5 Å². The van der Waals surface area contributed by atoms with Crippen LogP contribution in [-0.4, -0.2) is 96.2 Å². The van der Waals surface area contributed by atoms with E-state index in [-0.39, 0.29) is 61.3 Å². The monoisotopic (exact) mass is 862 g/mol. The van der Waals surface area contributed by atoms with Crippen LogP contribution in [0.15, 0.2) is 84.9 Å². The molecule has 11 nitrogen and oxygen atoms in total. The highest BCUT2D eigenvalue weighted by molar-refractivity contribution is 6.31. The molecule has 62 heavy (non-hydrogen) atoms. The molecule has 0 aromatic heterocycles. The van der Waals surface area contributed by atoms with E-state index in [9.17, 15) is 29.4 Å². The third-order valence-corrected chi connectivity index (χ3v) is 12.6. The Morgan fingerprint density at radius 2 is 1.63 bits per heavy atom. The number of amides is 1. The van der Waals surface area contributed by atoms with Crippen LogP contribution in [0, 0.1) is 5.92 Å². The van der Waals surface area contributed by atoms with Gasteiger partial charge >= 0.3 is 11.9 Å². The van der Waals surface area contributed by atoms with Gasteiger partial charge in [0.25, 0.3) is 0 Å². The predicted octanol–water partition coefficient (Wildman–Crippen LogP) is 7.49. The summed E-state index contributed by atoms with van der Waals surface area (Å²) in [6.45, 7) is 3.57. The van der Waals surface area contributed by atoms with Crippen molar-refractivity contribution in [2.45, 2.75) is 76.4 Å². The van der Waals surface area contributed by atoms with Gasteiger partial charge in [-0.05, 0) is 102 Å². The van der Waals surface area contributed by atoms with Crippen molar-refractivity contribution >= 4 is 41.3 Å². The van der Waals surface area contributed by atoms with Crippen molar-refractivity contribution in [3.8, 4) is 22.6 Å². The summed E-state index contributed by atoms with van der Waals surface area (Å²) in [6, 6.07) is 24.7. The molecule has 2 saturated heterocycles. The lowest BCUT2D eigenvalue weighted by atomic mass is 9.88. The number of nitrogens with zero attached hydrogens (tertiary/aromatic N) is 2. The number of aromatic hydroxyl groups is 1. The largest absolute Gasteiger partial charge is 0.508 e. The molecule has 4 aromatic rings. The number of methoxy groups -OCH3 is 1. The van der Waals surface area contributed by atoms with E-state index in [0.29, 0.717) is 78.3 Å². The van der Waals surface area contributed by atoms with Crippen molar-refractivity contribution in [1.82, 2.24) is 9.80 Å². The summed E-state index contributed by atoms with van der Waals surface area (Å²) in [5.74, 6) is 0.0599. The fraction of sp³-hybridized carbons (Fsp3) is 0.400. The number of ether oxygens (including phenoxy) is 3. The molecule has 1 aliphatic carbocycles. The van der Waals surface area contributed by atoms with Crippen LogP contribution in [0.4, 0.5) is 0 Å². The van der Waals surface area contributed by atoms with Gasteiger partial charge in [0, 0.05) is 62.1 Å². The third kappa shape index (κ3) is 11.5. The Kier molecular flexibility index (Phi) is 15.1. The van der Waals surface area contributed by atoms with Crippen molar-refractivity contribution in [1.29, 1.82) is 0 Å². The second-order valence-electron chi connectivity index (χ2n) is 16.5. The molecule has 0 spiro atoms. The first-order valence-electron chi connectivity index (χ1n) is 21.6. The van der Waals surface area contributed by atoms with Crippen LogP contribution in [0.1, 0.15) is 78.0 Å². The highest BCUT2D eigenvalue weighted by Crippen LogP contribution is 2.35. The minimum atomic E-state index is -0.793. The van der Waals surface area contributed by atoms with Gasteiger partial charge in [0.05, 0.1) is 32.7 Å². The number of carbonyl (C=O) groups is 4. The van der Waals surface area contributed by atoms with Crippen LogP contribution in [0.5, 0.6) is 11.5 Å². The second kappa shape index (κ2) is 21.1. The molecular weight excluding hydrogens is 808 g/mol. The number of benzene rings is 4. The van der Waals surface area contributed by atoms with Crippen molar-refractivity contribution in [2.75, 3.05) is 46.4 Å². The smallest absolute Gasteiger partial charge is 0.310 e. The number of aliphatic hydroxyl groups is 1. The molecule has 1 amide bonds. The fourth-order valence-electron chi connectivity index (χ4n) is 8.78. The number of aryl methyl sites for hydroxylation is 1. The maximum atomic E-state index is 13.2. The molecule has 326 valence electrons. The fourth-order valence-corrected chi connectivity index (χ4v) is 9.04. The number of carbonyl (C=O) groups excluding carboxylic acids is 4. The Bertz CT molecular complexity index is 2270. The second-order valence-corrected chi connectivity index (χ2v) is 16.9. The SMILES string of the molecule is COc1cc(CC(=O)OC[C@@H]2CCN(C(=O)CCN3CCC(OC(=O)Cc4ccccc4-c4ccccc4)CC3)C2)c(Cl)cc1CCC[C@H](O)c1ccc(O)c2c1C=CC(=O)C2. The first-order chi connectivity index (χ1) is 30.0. The Morgan fingerprint density at radius 3 is 2.42 bits per heavy atom. The minimum Gasteiger partial charge on any atom is -0.508 e. The lowest BCUT2D eigenvalue weighted by Gasteiger charge is -2.31. The zero-order chi connectivity index (χ0) is 43.6. The van der Waals surface area contributed by atoms with E-state index >= 15 is 0 Å². The first-order valence-corrected chi connectivity index (χ1v) is 22.0. The number of halogens is 1. The van der Waals surface area contributed by atoms with Crippen LogP contribution in [0.3, 0.4) is 0 Å². The average Bonchev–Trinajstić information content (AvgIpc) is 3.76. The lowest BCUT2D eigenvalue weighted by molar-refractivity contribution is -0.150. The Morgan fingerprint density at radius 1 is 0.871 bits per heavy atom. The van der Waals surface area contributed by atoms with E-state index in [2.05, 4.69) is 4.90 Å². The standard InChI is InChI=1S/C50H55ClN2O9/c1-60-47-27-37(44(51)26-36(47)11-7-13-45(55)42-16-17-46(56)43-30-38(54)14-15-41(42)43)29-49(58)61-32-33-18-25-53(31-33)48(57)21-24-52-22-19-39(20-23-52)62-50(59)28-35-10-5-6-12-40(35)34-8-3-2-4-9-34/h2-6,8-10,12,14-17,26-27,33,39,45,55-56H,7,11,13,18-25,28-32H2,1H3/t33-,45+/m1/s1. The maximum absolute atomic E-state index is 13.2. The highest BCUT2D eigenvalue weighted by atomic mass is 35.5. The summed E-state index contributed by atoms with van der Waals surface area (Å²) in [4.78, 5) is 55.0. The van der Waals surface area contributed by atoms with Crippen LogP contribution in [0.25, 0.3) is 17.2 Å². The van der Waals surface area contributed by atoms with Gasteiger partial charge in [0.15, 0.2) is 5.78 Å². The molecule has 0 radical (unpaired) electrons. The van der Waals surface area contributed by atoms with Gasteiger partial charge in [-0.25, -0.2) is 0 Å². The molecular formula is C50H55ClN2O9. The summed E-state index contributed by atoms with van der Waals surface area (Å²) < 4.78 is 17.2. The van der Waals surface area contributed by atoms with Crippen LogP contribution in [0.2, 0.25) is 5.02 Å². The molecule has 2 atom stereocenters. The van der Waals surface area contributed by atoms with Gasteiger partial charge in [-0.3, -0.25) is 19.2 Å². The average molecular weight is 863 g/mol. The molecule has 0 bridgehead atoms. The molecule has 0 saturated carbocycles. The van der Waals surface area contributed by atoms with Gasteiger partial charge in [0.1, 0.15) is 17.6 Å². The number of phenols is 1. The number of phenolic OH excluding ortho intramolecular Hbond substituents is 1.